The Bertz CT molecular complexity index is 581. The molecule has 0 aliphatic carbocycles. The highest BCUT2D eigenvalue weighted by atomic mass is 35.5. The van der Waals surface area contributed by atoms with Crippen molar-refractivity contribution >= 4 is 38.3 Å². The van der Waals surface area contributed by atoms with E-state index in [-0.39, 0.29) is 5.60 Å². The van der Waals surface area contributed by atoms with Gasteiger partial charge < -0.3 is 14.8 Å². The normalized spacial score (nSPS) is 23.1. The second-order valence-corrected chi connectivity index (χ2v) is 6.14. The van der Waals surface area contributed by atoms with Gasteiger partial charge in [-0.1, -0.05) is 22.9 Å². The van der Waals surface area contributed by atoms with Crippen LogP contribution in [0.4, 0.5) is 5.13 Å². The third kappa shape index (κ3) is 2.69. The van der Waals surface area contributed by atoms with Crippen LogP contribution in [-0.4, -0.2) is 37.5 Å². The minimum atomic E-state index is -0.227. The molecule has 0 amide bonds. The van der Waals surface area contributed by atoms with Gasteiger partial charge in [0.25, 0.3) is 0 Å². The van der Waals surface area contributed by atoms with Crippen LogP contribution >= 0.6 is 22.9 Å². The Hall–Kier alpha value is -0.880. The fraction of sp³-hybridized carbons (Fsp3) is 0.462. The smallest absolute Gasteiger partial charge is 0.183 e. The molecule has 0 radical (unpaired) electrons. The molecule has 1 N–H and O–H groups in total. The van der Waals surface area contributed by atoms with Crippen molar-refractivity contribution in [2.75, 3.05) is 32.2 Å². The predicted octanol–water partition coefficient (Wildman–Crippen LogP) is 3.17. The Morgan fingerprint density at radius 3 is 3.21 bits per heavy atom. The van der Waals surface area contributed by atoms with Crippen molar-refractivity contribution < 1.29 is 9.47 Å². The highest BCUT2D eigenvalue weighted by Gasteiger charge is 2.34. The lowest BCUT2D eigenvalue weighted by atomic mass is 10.0. The summed E-state index contributed by atoms with van der Waals surface area (Å²) in [7, 11) is 1.73. The van der Waals surface area contributed by atoms with Crippen LogP contribution in [-0.2, 0) is 9.47 Å². The highest BCUT2D eigenvalue weighted by molar-refractivity contribution is 7.22. The summed E-state index contributed by atoms with van der Waals surface area (Å²) >= 11 is 7.58. The van der Waals surface area contributed by atoms with Gasteiger partial charge in [0.2, 0.25) is 0 Å². The van der Waals surface area contributed by atoms with E-state index in [4.69, 9.17) is 21.1 Å². The number of ether oxygens (including phenoxy) is 2. The number of methoxy groups -OCH3 is 1. The summed E-state index contributed by atoms with van der Waals surface area (Å²) in [5.74, 6) is 0. The number of hydrogen-bond donors (Lipinski definition) is 1. The van der Waals surface area contributed by atoms with Gasteiger partial charge in [0.1, 0.15) is 5.60 Å². The van der Waals surface area contributed by atoms with Gasteiger partial charge in [0.05, 0.1) is 16.8 Å². The van der Waals surface area contributed by atoms with Gasteiger partial charge >= 0.3 is 0 Å². The molecule has 1 aromatic carbocycles. The monoisotopic (exact) mass is 298 g/mol. The molecule has 0 spiro atoms. The zero-order chi connectivity index (χ0) is 13.3. The van der Waals surface area contributed by atoms with Gasteiger partial charge in [0.15, 0.2) is 5.13 Å². The maximum absolute atomic E-state index is 5.98. The minimum Gasteiger partial charge on any atom is -0.378 e. The zero-order valence-corrected chi connectivity index (χ0v) is 12.2. The largest absolute Gasteiger partial charge is 0.378 e. The lowest BCUT2D eigenvalue weighted by Crippen LogP contribution is -2.39. The fourth-order valence-corrected chi connectivity index (χ4v) is 3.31. The molecule has 2 heterocycles. The number of fused-ring (bicyclic) bond motifs is 1. The summed E-state index contributed by atoms with van der Waals surface area (Å²) in [4.78, 5) is 4.53. The minimum absolute atomic E-state index is 0.227. The van der Waals surface area contributed by atoms with Crippen LogP contribution in [0, 0.1) is 0 Å². The number of rotatable bonds is 4. The first kappa shape index (κ1) is 13.1. The Labute approximate surface area is 120 Å². The van der Waals surface area contributed by atoms with Crippen LogP contribution in [0.1, 0.15) is 6.42 Å². The molecule has 0 bridgehead atoms. The van der Waals surface area contributed by atoms with E-state index in [0.29, 0.717) is 13.2 Å². The Morgan fingerprint density at radius 1 is 1.58 bits per heavy atom. The molecular formula is C13H15ClN2O2S. The molecule has 1 aliphatic heterocycles. The van der Waals surface area contributed by atoms with E-state index in [1.807, 2.05) is 18.2 Å². The quantitative estimate of drug-likeness (QED) is 0.941. The average molecular weight is 299 g/mol. The van der Waals surface area contributed by atoms with E-state index in [1.165, 1.54) is 0 Å². The van der Waals surface area contributed by atoms with E-state index < -0.39 is 0 Å². The maximum atomic E-state index is 5.98. The number of hydrogen-bond acceptors (Lipinski definition) is 5. The number of anilines is 1. The van der Waals surface area contributed by atoms with Gasteiger partial charge in [-0.2, -0.15) is 0 Å². The van der Waals surface area contributed by atoms with Gasteiger partial charge in [0, 0.05) is 31.7 Å². The molecule has 1 aliphatic rings. The third-order valence-electron chi connectivity index (χ3n) is 3.41. The molecule has 3 rings (SSSR count). The molecule has 0 saturated carbocycles. The molecule has 19 heavy (non-hydrogen) atoms. The summed E-state index contributed by atoms with van der Waals surface area (Å²) in [5.41, 5.74) is 0.737. The molecule has 1 fully saturated rings. The number of aromatic nitrogens is 1. The van der Waals surface area contributed by atoms with Gasteiger partial charge in [-0.25, -0.2) is 4.98 Å². The summed E-state index contributed by atoms with van der Waals surface area (Å²) in [6.45, 7) is 2.09. The highest BCUT2D eigenvalue weighted by Crippen LogP contribution is 2.29. The lowest BCUT2D eigenvalue weighted by Gasteiger charge is -2.25. The molecule has 6 heteroatoms. The molecule has 4 nitrogen and oxygen atoms in total. The Kier molecular flexibility index (Phi) is 3.62. The average Bonchev–Trinajstić information content (AvgIpc) is 3.02. The zero-order valence-electron chi connectivity index (χ0n) is 10.6. The molecule has 1 saturated heterocycles. The van der Waals surface area contributed by atoms with Crippen LogP contribution < -0.4 is 5.32 Å². The summed E-state index contributed by atoms with van der Waals surface area (Å²) in [5, 5.41) is 4.97. The molecule has 102 valence electrons. The number of nitrogens with zero attached hydrogens (tertiary/aromatic N) is 1. The van der Waals surface area contributed by atoms with Crippen LogP contribution in [0.3, 0.4) is 0 Å². The van der Waals surface area contributed by atoms with Crippen molar-refractivity contribution in [3.8, 4) is 0 Å². The molecule has 1 unspecified atom stereocenters. The number of nitrogens with one attached hydrogen (secondary N) is 1. The SMILES string of the molecule is COC1(CNc2nc3ccc(Cl)cc3s2)CCOC1. The molecule has 2 aromatic rings. The van der Waals surface area contributed by atoms with Crippen molar-refractivity contribution in [1.82, 2.24) is 4.98 Å². The second kappa shape index (κ2) is 5.25. The van der Waals surface area contributed by atoms with Crippen LogP contribution in [0.25, 0.3) is 10.2 Å². The van der Waals surface area contributed by atoms with Crippen molar-refractivity contribution in [3.05, 3.63) is 23.2 Å². The first-order valence-corrected chi connectivity index (χ1v) is 7.33. The Balaban J connectivity index is 1.74. The van der Waals surface area contributed by atoms with Gasteiger partial charge in [-0.05, 0) is 18.2 Å². The molecule has 1 atom stereocenters. The maximum Gasteiger partial charge on any atom is 0.183 e. The summed E-state index contributed by atoms with van der Waals surface area (Å²) < 4.78 is 12.1. The van der Waals surface area contributed by atoms with Crippen molar-refractivity contribution in [1.29, 1.82) is 0 Å². The third-order valence-corrected chi connectivity index (χ3v) is 4.62. The van der Waals surface area contributed by atoms with Crippen molar-refractivity contribution in [2.24, 2.45) is 0 Å². The van der Waals surface area contributed by atoms with Gasteiger partial charge in [-0.15, -0.1) is 0 Å². The van der Waals surface area contributed by atoms with Crippen LogP contribution in [0.2, 0.25) is 5.02 Å². The van der Waals surface area contributed by atoms with E-state index >= 15 is 0 Å². The van der Waals surface area contributed by atoms with Gasteiger partial charge in [-0.3, -0.25) is 0 Å². The number of thiazole rings is 1. The standard InChI is InChI=1S/C13H15ClN2O2S/c1-17-13(4-5-18-8-13)7-15-12-16-10-3-2-9(14)6-11(10)19-12/h2-3,6H,4-5,7-8H2,1H3,(H,15,16). The van der Waals surface area contributed by atoms with E-state index in [0.717, 1.165) is 33.4 Å². The Morgan fingerprint density at radius 2 is 2.47 bits per heavy atom. The summed E-state index contributed by atoms with van der Waals surface area (Å²) in [6, 6.07) is 5.73. The lowest BCUT2D eigenvalue weighted by molar-refractivity contribution is -0.00619. The topological polar surface area (TPSA) is 43.4 Å². The first-order chi connectivity index (χ1) is 9.21. The van der Waals surface area contributed by atoms with Crippen LogP contribution in [0.5, 0.6) is 0 Å². The van der Waals surface area contributed by atoms with E-state index in [1.54, 1.807) is 18.4 Å². The predicted molar refractivity (Wildman–Crippen MR) is 78.3 cm³/mol. The molecular weight excluding hydrogens is 284 g/mol. The summed E-state index contributed by atoms with van der Waals surface area (Å²) in [6.07, 6.45) is 0.910. The van der Waals surface area contributed by atoms with Crippen LogP contribution in [0.15, 0.2) is 18.2 Å². The van der Waals surface area contributed by atoms with E-state index in [2.05, 4.69) is 10.3 Å². The first-order valence-electron chi connectivity index (χ1n) is 6.14. The second-order valence-electron chi connectivity index (χ2n) is 4.67. The van der Waals surface area contributed by atoms with Crippen molar-refractivity contribution in [3.63, 3.8) is 0 Å². The van der Waals surface area contributed by atoms with Crippen molar-refractivity contribution in [2.45, 2.75) is 12.0 Å². The molecule has 1 aromatic heterocycles. The number of benzene rings is 1. The fourth-order valence-electron chi connectivity index (χ4n) is 2.17. The number of halogens is 1. The van der Waals surface area contributed by atoms with E-state index in [9.17, 15) is 0 Å².